The average molecular weight is 408 g/mol. The van der Waals surface area contributed by atoms with Crippen molar-refractivity contribution < 1.29 is 52.8 Å². The van der Waals surface area contributed by atoms with Gasteiger partial charge >= 0.3 is 31.1 Å². The fourth-order valence-corrected chi connectivity index (χ4v) is 2.12. The Bertz CT molecular complexity index is 621. The van der Waals surface area contributed by atoms with Crippen molar-refractivity contribution in [1.82, 2.24) is 9.44 Å². The maximum absolute atomic E-state index is 11.9. The van der Waals surface area contributed by atoms with E-state index in [1.165, 1.54) is 0 Å². The maximum Gasteiger partial charge on any atom is 0.516 e. The highest BCUT2D eigenvalue weighted by Gasteiger charge is 2.47. The van der Waals surface area contributed by atoms with Crippen molar-refractivity contribution >= 4 is 31.9 Å². The van der Waals surface area contributed by atoms with E-state index < -0.39 is 55.7 Å². The van der Waals surface area contributed by atoms with E-state index in [1.54, 1.807) is 0 Å². The zero-order chi connectivity index (χ0) is 19.4. The van der Waals surface area contributed by atoms with Crippen LogP contribution >= 0.6 is 0 Å². The molecule has 2 N–H and O–H groups in total. The highest BCUT2D eigenvalue weighted by atomic mass is 32.2. The lowest BCUT2D eigenvalue weighted by atomic mass is 10.2. The van der Waals surface area contributed by atoms with E-state index in [2.05, 4.69) is 0 Å². The topological polar surface area (TPSA) is 126 Å². The highest BCUT2D eigenvalue weighted by molar-refractivity contribution is 7.91. The number of amides is 2. The summed E-state index contributed by atoms with van der Waals surface area (Å²) in [6.45, 7) is 0. The van der Waals surface area contributed by atoms with Gasteiger partial charge in [0.15, 0.2) is 0 Å². The third-order valence-corrected chi connectivity index (χ3v) is 4.38. The molecule has 0 saturated heterocycles. The second kappa shape index (κ2) is 7.54. The minimum absolute atomic E-state index is 0.376. The molecule has 0 heterocycles. The van der Waals surface area contributed by atoms with E-state index in [0.29, 0.717) is 9.44 Å². The highest BCUT2D eigenvalue weighted by Crippen LogP contribution is 2.22. The Hall–Kier alpha value is -1.58. The third-order valence-electron chi connectivity index (χ3n) is 2.16. The lowest BCUT2D eigenvalue weighted by Gasteiger charge is -2.10. The van der Waals surface area contributed by atoms with Crippen LogP contribution in [0.3, 0.4) is 0 Å². The molecule has 0 atom stereocenters. The van der Waals surface area contributed by atoms with Crippen LogP contribution in [-0.2, 0) is 29.6 Å². The molecule has 0 aliphatic rings. The predicted octanol–water partition coefficient (Wildman–Crippen LogP) is 0.478. The summed E-state index contributed by atoms with van der Waals surface area (Å²) in [5.41, 5.74) is -11.4. The van der Waals surface area contributed by atoms with Crippen molar-refractivity contribution in [1.29, 1.82) is 0 Å². The Morgan fingerprint density at radius 3 is 1.12 bits per heavy atom. The monoisotopic (exact) mass is 408 g/mol. The Morgan fingerprint density at radius 1 is 0.667 bits per heavy atom. The summed E-state index contributed by atoms with van der Waals surface area (Å²) in [4.78, 5) is 21.9. The van der Waals surface area contributed by atoms with Gasteiger partial charge in [-0.3, -0.25) is 9.59 Å². The maximum atomic E-state index is 11.9. The first-order chi connectivity index (χ1) is 10.5. The number of unbranched alkanes of at least 4 members (excludes halogenated alkanes) is 1. The molecule has 0 aromatic heterocycles. The smallest absolute Gasteiger partial charge is 0.274 e. The zero-order valence-corrected chi connectivity index (χ0v) is 13.0. The molecule has 0 rings (SSSR count). The fourth-order valence-electron chi connectivity index (χ4n) is 1.09. The molecule has 0 aromatic rings. The molecule has 142 valence electrons. The van der Waals surface area contributed by atoms with Crippen LogP contribution < -0.4 is 9.44 Å². The summed E-state index contributed by atoms with van der Waals surface area (Å²) in [5, 5.41) is 0. The molecule has 0 aliphatic carbocycles. The van der Waals surface area contributed by atoms with Gasteiger partial charge in [-0.1, -0.05) is 0 Å². The number of halogens is 6. The van der Waals surface area contributed by atoms with Gasteiger partial charge in [-0.15, -0.1) is 0 Å². The fraction of sp³-hybridized carbons (Fsp3) is 0.750. The van der Waals surface area contributed by atoms with Crippen molar-refractivity contribution in [3.8, 4) is 0 Å². The van der Waals surface area contributed by atoms with E-state index in [9.17, 15) is 52.8 Å². The Morgan fingerprint density at radius 2 is 0.917 bits per heavy atom. The van der Waals surface area contributed by atoms with E-state index in [-0.39, 0.29) is 12.8 Å². The van der Waals surface area contributed by atoms with Crippen molar-refractivity contribution in [2.45, 2.75) is 36.7 Å². The summed E-state index contributed by atoms with van der Waals surface area (Å²) in [5.74, 6) is -3.09. The molecule has 0 aliphatic heterocycles. The van der Waals surface area contributed by atoms with E-state index >= 15 is 0 Å². The molecular formula is C8H10F6N2O6S2. The van der Waals surface area contributed by atoms with Crippen molar-refractivity contribution in [2.24, 2.45) is 0 Å². The molecule has 0 aromatic carbocycles. The van der Waals surface area contributed by atoms with Crippen molar-refractivity contribution in [2.75, 3.05) is 0 Å². The quantitative estimate of drug-likeness (QED) is 0.466. The minimum atomic E-state index is -5.87. The lowest BCUT2D eigenvalue weighted by Crippen LogP contribution is -2.40. The predicted molar refractivity (Wildman–Crippen MR) is 64.7 cm³/mol. The molecule has 0 radical (unpaired) electrons. The van der Waals surface area contributed by atoms with Gasteiger partial charge in [0.1, 0.15) is 0 Å². The van der Waals surface area contributed by atoms with Crippen molar-refractivity contribution in [3.63, 3.8) is 0 Å². The van der Waals surface area contributed by atoms with Gasteiger partial charge in [0.25, 0.3) is 0 Å². The third kappa shape index (κ3) is 6.90. The summed E-state index contributed by atoms with van der Waals surface area (Å²) < 4.78 is 115. The SMILES string of the molecule is O=C(CCCCC(=O)NS(=O)(=O)C(F)(F)F)NS(=O)(=O)C(F)(F)F. The largest absolute Gasteiger partial charge is 0.516 e. The molecule has 16 heteroatoms. The Kier molecular flexibility index (Phi) is 7.04. The standard InChI is InChI=1S/C8H10F6N2O6S2/c9-7(10,11)23(19,20)15-5(17)3-1-2-4-6(18)16-24(21,22)8(12,13)14/h1-4H2,(H,15,17)(H,16,18). The summed E-state index contributed by atoms with van der Waals surface area (Å²) in [7, 11) is -11.7. The summed E-state index contributed by atoms with van der Waals surface area (Å²) in [6, 6.07) is 0. The van der Waals surface area contributed by atoms with Gasteiger partial charge < -0.3 is 0 Å². The molecule has 0 spiro atoms. The summed E-state index contributed by atoms with van der Waals surface area (Å²) >= 11 is 0. The van der Waals surface area contributed by atoms with Crippen LogP contribution in [0.15, 0.2) is 0 Å². The van der Waals surface area contributed by atoms with E-state index in [0.717, 1.165) is 0 Å². The van der Waals surface area contributed by atoms with Crippen LogP contribution in [0.5, 0.6) is 0 Å². The van der Waals surface area contributed by atoms with Gasteiger partial charge in [0.05, 0.1) is 0 Å². The number of hydrogen-bond acceptors (Lipinski definition) is 6. The first kappa shape index (κ1) is 22.4. The van der Waals surface area contributed by atoms with Crippen LogP contribution in [0, 0.1) is 0 Å². The second-order valence-corrected chi connectivity index (χ2v) is 7.50. The van der Waals surface area contributed by atoms with Gasteiger partial charge in [-0.05, 0) is 12.8 Å². The first-order valence-electron chi connectivity index (χ1n) is 5.73. The number of carbonyl (C=O) groups is 2. The molecule has 8 nitrogen and oxygen atoms in total. The van der Waals surface area contributed by atoms with Crippen LogP contribution in [0.4, 0.5) is 26.3 Å². The molecule has 0 unspecified atom stereocenters. The summed E-state index contributed by atoms with van der Waals surface area (Å²) in [6.07, 6.45) is -2.32. The lowest BCUT2D eigenvalue weighted by molar-refractivity contribution is -0.121. The van der Waals surface area contributed by atoms with Crippen molar-refractivity contribution in [3.05, 3.63) is 0 Å². The number of hydrogen-bond donors (Lipinski definition) is 2. The van der Waals surface area contributed by atoms with Crippen LogP contribution in [0.25, 0.3) is 0 Å². The number of carbonyl (C=O) groups excluding carboxylic acids is 2. The van der Waals surface area contributed by atoms with Crippen LogP contribution in [0.1, 0.15) is 25.7 Å². The normalized spacial score (nSPS) is 13.4. The van der Waals surface area contributed by atoms with E-state index in [1.807, 2.05) is 0 Å². The second-order valence-electron chi connectivity index (χ2n) is 4.16. The molecule has 24 heavy (non-hydrogen) atoms. The number of alkyl halides is 6. The number of nitrogens with one attached hydrogen (secondary N) is 2. The van der Waals surface area contributed by atoms with E-state index in [4.69, 9.17) is 0 Å². The Balaban J connectivity index is 4.29. The van der Waals surface area contributed by atoms with Gasteiger partial charge in [-0.2, -0.15) is 43.2 Å². The average Bonchev–Trinajstić information content (AvgIpc) is 2.30. The Labute approximate surface area is 131 Å². The van der Waals surface area contributed by atoms with Crippen LogP contribution in [0.2, 0.25) is 0 Å². The number of rotatable bonds is 7. The minimum Gasteiger partial charge on any atom is -0.274 e. The zero-order valence-electron chi connectivity index (χ0n) is 11.4. The molecule has 0 bridgehead atoms. The van der Waals surface area contributed by atoms with Crippen LogP contribution in [-0.4, -0.2) is 39.7 Å². The number of sulfonamides is 2. The van der Waals surface area contributed by atoms with Gasteiger partial charge in [-0.25, -0.2) is 9.44 Å². The van der Waals surface area contributed by atoms with Gasteiger partial charge in [0.2, 0.25) is 11.8 Å². The molecule has 0 fully saturated rings. The molecular weight excluding hydrogens is 398 g/mol. The molecule has 2 amide bonds. The van der Waals surface area contributed by atoms with Gasteiger partial charge in [0, 0.05) is 12.8 Å². The first-order valence-corrected chi connectivity index (χ1v) is 8.70. The molecule has 0 saturated carbocycles.